The van der Waals surface area contributed by atoms with Crippen LogP contribution in [0.2, 0.25) is 0 Å². The fourth-order valence-corrected chi connectivity index (χ4v) is 3.23. The lowest BCUT2D eigenvalue weighted by Crippen LogP contribution is -1.99. The number of fused-ring (bicyclic) bond motifs is 1. The smallest absolute Gasteiger partial charge is 0.123 e. The average molecular weight is 299 g/mol. The molecule has 0 heterocycles. The molecule has 3 aromatic carbocycles. The van der Waals surface area contributed by atoms with Crippen molar-refractivity contribution in [2.75, 3.05) is 0 Å². The summed E-state index contributed by atoms with van der Waals surface area (Å²) in [6, 6.07) is 17.3. The van der Waals surface area contributed by atoms with Gasteiger partial charge in [0.1, 0.15) is 5.82 Å². The van der Waals surface area contributed by atoms with Gasteiger partial charge in [-0.05, 0) is 59.0 Å². The molecule has 0 bridgehead atoms. The summed E-state index contributed by atoms with van der Waals surface area (Å²) in [5.74, 6) is -0.242. The van der Waals surface area contributed by atoms with Gasteiger partial charge in [-0.15, -0.1) is 11.6 Å². The fourth-order valence-electron chi connectivity index (χ4n) is 2.82. The van der Waals surface area contributed by atoms with Crippen molar-refractivity contribution in [2.45, 2.75) is 19.2 Å². The van der Waals surface area contributed by atoms with Gasteiger partial charge < -0.3 is 0 Å². The molecule has 0 radical (unpaired) electrons. The molecule has 2 heteroatoms. The summed E-state index contributed by atoms with van der Waals surface area (Å²) in [5.41, 5.74) is 3.86. The summed E-state index contributed by atoms with van der Waals surface area (Å²) >= 11 is 6.69. The highest BCUT2D eigenvalue weighted by Crippen LogP contribution is 2.36. The summed E-state index contributed by atoms with van der Waals surface area (Å²) in [5, 5.41) is 1.92. The number of halogens is 2. The van der Waals surface area contributed by atoms with Crippen LogP contribution >= 0.6 is 11.6 Å². The average Bonchev–Trinajstić information content (AvgIpc) is 2.45. The molecule has 0 saturated heterocycles. The molecule has 3 rings (SSSR count). The summed E-state index contributed by atoms with van der Waals surface area (Å²) < 4.78 is 13.7. The molecule has 1 atom stereocenters. The third-order valence-corrected chi connectivity index (χ3v) is 4.27. The lowest BCUT2D eigenvalue weighted by Gasteiger charge is -2.17. The first-order valence-corrected chi connectivity index (χ1v) is 7.39. The van der Waals surface area contributed by atoms with Crippen molar-refractivity contribution in [1.82, 2.24) is 0 Å². The summed E-state index contributed by atoms with van der Waals surface area (Å²) in [6.07, 6.45) is 0. The molecule has 106 valence electrons. The second-order valence-corrected chi connectivity index (χ2v) is 5.88. The van der Waals surface area contributed by atoms with E-state index in [0.29, 0.717) is 0 Å². The van der Waals surface area contributed by atoms with Gasteiger partial charge in [0.2, 0.25) is 0 Å². The van der Waals surface area contributed by atoms with Crippen molar-refractivity contribution in [3.8, 4) is 0 Å². The van der Waals surface area contributed by atoms with Gasteiger partial charge in [-0.25, -0.2) is 4.39 Å². The van der Waals surface area contributed by atoms with E-state index in [-0.39, 0.29) is 11.2 Å². The van der Waals surface area contributed by atoms with Gasteiger partial charge in [-0.1, -0.05) is 42.5 Å². The van der Waals surface area contributed by atoms with E-state index >= 15 is 0 Å². The zero-order valence-corrected chi connectivity index (χ0v) is 12.8. The van der Waals surface area contributed by atoms with Crippen LogP contribution in [0.15, 0.2) is 54.6 Å². The molecule has 0 saturated carbocycles. The minimum absolute atomic E-state index is 0.242. The quantitative estimate of drug-likeness (QED) is 0.515. The summed E-state index contributed by atoms with van der Waals surface area (Å²) in [7, 11) is 0. The van der Waals surface area contributed by atoms with Crippen molar-refractivity contribution in [2.24, 2.45) is 0 Å². The molecule has 0 spiro atoms. The third-order valence-electron chi connectivity index (χ3n) is 3.80. The van der Waals surface area contributed by atoms with E-state index < -0.39 is 0 Å². The molecule has 3 aromatic rings. The second kappa shape index (κ2) is 5.50. The SMILES string of the molecule is Cc1cc(F)cc(C(Cl)c2c(C)ccc3ccccc23)c1. The monoisotopic (exact) mass is 298 g/mol. The zero-order chi connectivity index (χ0) is 15.0. The molecular formula is C19H16ClF. The molecule has 0 aliphatic heterocycles. The number of rotatable bonds is 2. The van der Waals surface area contributed by atoms with E-state index in [1.54, 1.807) is 0 Å². The number of benzene rings is 3. The van der Waals surface area contributed by atoms with Crippen LogP contribution in [-0.4, -0.2) is 0 Å². The molecule has 0 aliphatic carbocycles. The molecule has 0 nitrogen and oxygen atoms in total. The molecule has 21 heavy (non-hydrogen) atoms. The maximum atomic E-state index is 13.7. The highest BCUT2D eigenvalue weighted by Gasteiger charge is 2.17. The Balaban J connectivity index is 2.21. The molecule has 0 amide bonds. The molecular weight excluding hydrogens is 283 g/mol. The van der Waals surface area contributed by atoms with Crippen molar-refractivity contribution in [3.63, 3.8) is 0 Å². The lowest BCUT2D eigenvalue weighted by atomic mass is 9.93. The minimum atomic E-state index is -0.356. The standard InChI is InChI=1S/C19H16ClF/c1-12-9-15(11-16(21)10-12)19(20)18-13(2)7-8-14-5-3-4-6-17(14)18/h3-11,19H,1-2H3. The maximum Gasteiger partial charge on any atom is 0.123 e. The van der Waals surface area contributed by atoms with Crippen LogP contribution in [0.5, 0.6) is 0 Å². The molecule has 0 aromatic heterocycles. The van der Waals surface area contributed by atoms with E-state index in [0.717, 1.165) is 33.0 Å². The van der Waals surface area contributed by atoms with Gasteiger partial charge in [0.15, 0.2) is 0 Å². The highest BCUT2D eigenvalue weighted by atomic mass is 35.5. The van der Waals surface area contributed by atoms with Crippen molar-refractivity contribution >= 4 is 22.4 Å². The first kappa shape index (κ1) is 14.1. The largest absolute Gasteiger partial charge is 0.207 e. The van der Waals surface area contributed by atoms with Crippen LogP contribution < -0.4 is 0 Å². The minimum Gasteiger partial charge on any atom is -0.207 e. The van der Waals surface area contributed by atoms with E-state index in [9.17, 15) is 4.39 Å². The Morgan fingerprint density at radius 2 is 1.71 bits per heavy atom. The Labute approximate surface area is 129 Å². The van der Waals surface area contributed by atoms with Crippen LogP contribution in [0.4, 0.5) is 4.39 Å². The maximum absolute atomic E-state index is 13.7. The van der Waals surface area contributed by atoms with Gasteiger partial charge in [-0.3, -0.25) is 0 Å². The summed E-state index contributed by atoms with van der Waals surface area (Å²) in [6.45, 7) is 3.93. The Bertz CT molecular complexity index is 788. The number of hydrogen-bond donors (Lipinski definition) is 0. The molecule has 1 unspecified atom stereocenters. The zero-order valence-electron chi connectivity index (χ0n) is 12.0. The van der Waals surface area contributed by atoms with Crippen LogP contribution in [0, 0.1) is 19.7 Å². The molecule has 0 fully saturated rings. The number of hydrogen-bond acceptors (Lipinski definition) is 0. The number of aryl methyl sites for hydroxylation is 2. The highest BCUT2D eigenvalue weighted by molar-refractivity contribution is 6.23. The molecule has 0 aliphatic rings. The second-order valence-electron chi connectivity index (χ2n) is 5.44. The Morgan fingerprint density at radius 3 is 2.48 bits per heavy atom. The Morgan fingerprint density at radius 1 is 0.952 bits per heavy atom. The van der Waals surface area contributed by atoms with Gasteiger partial charge in [-0.2, -0.15) is 0 Å². The predicted molar refractivity (Wildman–Crippen MR) is 87.5 cm³/mol. The van der Waals surface area contributed by atoms with Crippen LogP contribution in [0.25, 0.3) is 10.8 Å². The van der Waals surface area contributed by atoms with Crippen molar-refractivity contribution in [3.05, 3.63) is 82.7 Å². The van der Waals surface area contributed by atoms with Crippen LogP contribution in [0.3, 0.4) is 0 Å². The van der Waals surface area contributed by atoms with Gasteiger partial charge in [0, 0.05) is 0 Å². The molecule has 0 N–H and O–H groups in total. The summed E-state index contributed by atoms with van der Waals surface area (Å²) in [4.78, 5) is 0. The fraction of sp³-hybridized carbons (Fsp3) is 0.158. The topological polar surface area (TPSA) is 0 Å². The first-order chi connectivity index (χ1) is 10.1. The third kappa shape index (κ3) is 2.66. The van der Waals surface area contributed by atoms with E-state index in [1.807, 2.05) is 32.0 Å². The Kier molecular flexibility index (Phi) is 3.69. The predicted octanol–water partition coefficient (Wildman–Crippen LogP) is 5.92. The van der Waals surface area contributed by atoms with Gasteiger partial charge in [0.25, 0.3) is 0 Å². The van der Waals surface area contributed by atoms with Crippen molar-refractivity contribution in [1.29, 1.82) is 0 Å². The van der Waals surface area contributed by atoms with Crippen LogP contribution in [0.1, 0.15) is 27.6 Å². The Hall–Kier alpha value is -1.86. The normalized spacial score (nSPS) is 12.6. The first-order valence-electron chi connectivity index (χ1n) is 6.95. The lowest BCUT2D eigenvalue weighted by molar-refractivity contribution is 0.624. The van der Waals surface area contributed by atoms with E-state index in [2.05, 4.69) is 24.3 Å². The van der Waals surface area contributed by atoms with Gasteiger partial charge >= 0.3 is 0 Å². The van der Waals surface area contributed by atoms with Crippen molar-refractivity contribution < 1.29 is 4.39 Å². The van der Waals surface area contributed by atoms with Gasteiger partial charge in [0.05, 0.1) is 5.38 Å². The number of alkyl halides is 1. The van der Waals surface area contributed by atoms with E-state index in [1.165, 1.54) is 12.1 Å². The van der Waals surface area contributed by atoms with E-state index in [4.69, 9.17) is 11.6 Å². The van der Waals surface area contributed by atoms with Crippen LogP contribution in [-0.2, 0) is 0 Å².